The summed E-state index contributed by atoms with van der Waals surface area (Å²) in [6, 6.07) is 13.9. The maximum absolute atomic E-state index is 12.0. The zero-order valence-corrected chi connectivity index (χ0v) is 12.7. The van der Waals surface area contributed by atoms with Crippen LogP contribution in [0.1, 0.15) is 11.1 Å². The van der Waals surface area contributed by atoms with E-state index >= 15 is 0 Å². The van der Waals surface area contributed by atoms with Crippen LogP contribution in [0.4, 0.5) is 0 Å². The predicted octanol–water partition coefficient (Wildman–Crippen LogP) is 3.66. The van der Waals surface area contributed by atoms with Gasteiger partial charge in [0, 0.05) is 4.47 Å². The smallest absolute Gasteiger partial charge is 0.262 e. The fourth-order valence-corrected chi connectivity index (χ4v) is 2.66. The first kappa shape index (κ1) is 14.2. The van der Waals surface area contributed by atoms with Crippen LogP contribution in [0.5, 0.6) is 0 Å². The molecule has 2 aromatic rings. The molecule has 0 saturated heterocycles. The first-order chi connectivity index (χ1) is 8.97. The van der Waals surface area contributed by atoms with Gasteiger partial charge in [0.25, 0.3) is 10.1 Å². The van der Waals surface area contributed by atoms with Crippen molar-refractivity contribution in [3.63, 3.8) is 0 Å². The molecule has 5 heteroatoms. The second-order valence-electron chi connectivity index (χ2n) is 4.16. The van der Waals surface area contributed by atoms with Crippen LogP contribution in [0.3, 0.4) is 0 Å². The Kier molecular flexibility index (Phi) is 4.39. The van der Waals surface area contributed by atoms with Gasteiger partial charge < -0.3 is 0 Å². The van der Waals surface area contributed by atoms with E-state index in [1.165, 1.54) is 0 Å². The minimum atomic E-state index is -3.70. The lowest BCUT2D eigenvalue weighted by Gasteiger charge is -2.06. The summed E-state index contributed by atoms with van der Waals surface area (Å²) in [6.45, 7) is 1.93. The van der Waals surface area contributed by atoms with Crippen molar-refractivity contribution in [2.24, 2.45) is 0 Å². The van der Waals surface area contributed by atoms with Gasteiger partial charge >= 0.3 is 0 Å². The van der Waals surface area contributed by atoms with Gasteiger partial charge in [-0.25, -0.2) is 0 Å². The van der Waals surface area contributed by atoms with Crippen molar-refractivity contribution < 1.29 is 12.6 Å². The monoisotopic (exact) mass is 340 g/mol. The molecule has 0 aliphatic heterocycles. The highest BCUT2D eigenvalue weighted by atomic mass is 79.9. The summed E-state index contributed by atoms with van der Waals surface area (Å²) < 4.78 is 29.9. The fourth-order valence-electron chi connectivity index (χ4n) is 1.50. The molecule has 0 radical (unpaired) electrons. The van der Waals surface area contributed by atoms with E-state index in [2.05, 4.69) is 15.9 Å². The number of rotatable bonds is 4. The van der Waals surface area contributed by atoms with E-state index in [1.54, 1.807) is 24.3 Å². The van der Waals surface area contributed by atoms with Crippen LogP contribution in [0.2, 0.25) is 0 Å². The quantitative estimate of drug-likeness (QED) is 0.797. The van der Waals surface area contributed by atoms with E-state index < -0.39 is 10.1 Å². The lowest BCUT2D eigenvalue weighted by Crippen LogP contribution is -2.06. The van der Waals surface area contributed by atoms with Gasteiger partial charge in [0.1, 0.15) is 0 Å². The van der Waals surface area contributed by atoms with E-state index in [-0.39, 0.29) is 11.5 Å². The van der Waals surface area contributed by atoms with Crippen molar-refractivity contribution in [2.45, 2.75) is 18.4 Å². The number of halogens is 1. The first-order valence-electron chi connectivity index (χ1n) is 5.68. The second-order valence-corrected chi connectivity index (χ2v) is 6.69. The molecule has 0 aliphatic rings. The zero-order chi connectivity index (χ0) is 13.9. The molecule has 0 unspecified atom stereocenters. The van der Waals surface area contributed by atoms with Crippen LogP contribution >= 0.6 is 15.9 Å². The number of hydrogen-bond acceptors (Lipinski definition) is 3. The highest BCUT2D eigenvalue weighted by molar-refractivity contribution is 9.10. The van der Waals surface area contributed by atoms with Gasteiger partial charge in [-0.1, -0.05) is 45.8 Å². The van der Waals surface area contributed by atoms with E-state index in [9.17, 15) is 8.42 Å². The summed E-state index contributed by atoms with van der Waals surface area (Å²) >= 11 is 3.32. The molecule has 19 heavy (non-hydrogen) atoms. The summed E-state index contributed by atoms with van der Waals surface area (Å²) in [5.74, 6) is 0. The molecule has 0 N–H and O–H groups in total. The molecule has 0 aliphatic carbocycles. The lowest BCUT2D eigenvalue weighted by atomic mass is 10.2. The highest BCUT2D eigenvalue weighted by Crippen LogP contribution is 2.16. The van der Waals surface area contributed by atoms with Gasteiger partial charge in [0.05, 0.1) is 11.5 Å². The number of hydrogen-bond donors (Lipinski definition) is 0. The molecule has 100 valence electrons. The molecular weight excluding hydrogens is 328 g/mol. The molecule has 0 aromatic heterocycles. The highest BCUT2D eigenvalue weighted by Gasteiger charge is 2.14. The van der Waals surface area contributed by atoms with Gasteiger partial charge in [-0.2, -0.15) is 8.42 Å². The van der Waals surface area contributed by atoms with Gasteiger partial charge in [0.15, 0.2) is 0 Å². The zero-order valence-electron chi connectivity index (χ0n) is 10.3. The first-order valence-corrected chi connectivity index (χ1v) is 7.88. The SMILES string of the molecule is Cc1ccc(S(=O)(=O)OCc2ccc(Br)cc2)cc1. The Morgan fingerprint density at radius 1 is 1.00 bits per heavy atom. The summed E-state index contributed by atoms with van der Waals surface area (Å²) in [6.07, 6.45) is 0. The van der Waals surface area contributed by atoms with Crippen LogP contribution in [-0.2, 0) is 20.9 Å². The number of benzene rings is 2. The topological polar surface area (TPSA) is 43.4 Å². The van der Waals surface area contributed by atoms with Crippen molar-refractivity contribution in [2.75, 3.05) is 0 Å². The molecule has 2 aromatic carbocycles. The van der Waals surface area contributed by atoms with Crippen molar-refractivity contribution in [3.8, 4) is 0 Å². The van der Waals surface area contributed by atoms with Crippen LogP contribution in [0.25, 0.3) is 0 Å². The molecule has 0 bridgehead atoms. The van der Waals surface area contributed by atoms with Gasteiger partial charge in [-0.05, 0) is 36.8 Å². The van der Waals surface area contributed by atoms with Crippen LogP contribution in [-0.4, -0.2) is 8.42 Å². The van der Waals surface area contributed by atoms with Gasteiger partial charge in [-0.3, -0.25) is 4.18 Å². The molecule has 0 spiro atoms. The Morgan fingerprint density at radius 2 is 1.58 bits per heavy atom. The molecule has 0 atom stereocenters. The maximum Gasteiger partial charge on any atom is 0.297 e. The van der Waals surface area contributed by atoms with Crippen molar-refractivity contribution in [3.05, 3.63) is 64.1 Å². The Hall–Kier alpha value is -1.17. The third-order valence-corrected chi connectivity index (χ3v) is 4.41. The summed E-state index contributed by atoms with van der Waals surface area (Å²) in [5.41, 5.74) is 1.81. The van der Waals surface area contributed by atoms with Crippen LogP contribution in [0.15, 0.2) is 57.9 Å². The standard InChI is InChI=1S/C14H13BrO3S/c1-11-2-8-14(9-3-11)19(16,17)18-10-12-4-6-13(15)7-5-12/h2-9H,10H2,1H3. The summed E-state index contributed by atoms with van der Waals surface area (Å²) in [5, 5.41) is 0. The Morgan fingerprint density at radius 3 is 2.16 bits per heavy atom. The lowest BCUT2D eigenvalue weighted by molar-refractivity contribution is 0.308. The normalized spacial score (nSPS) is 11.5. The third-order valence-electron chi connectivity index (χ3n) is 2.60. The van der Waals surface area contributed by atoms with Crippen molar-refractivity contribution in [1.82, 2.24) is 0 Å². The maximum atomic E-state index is 12.0. The molecule has 0 amide bonds. The molecule has 0 heterocycles. The average Bonchev–Trinajstić information content (AvgIpc) is 2.39. The van der Waals surface area contributed by atoms with Crippen molar-refractivity contribution in [1.29, 1.82) is 0 Å². The largest absolute Gasteiger partial charge is 0.297 e. The predicted molar refractivity (Wildman–Crippen MR) is 77.3 cm³/mol. The minimum absolute atomic E-state index is 0.0312. The van der Waals surface area contributed by atoms with E-state index in [1.807, 2.05) is 31.2 Å². The molecule has 3 nitrogen and oxygen atoms in total. The molecule has 2 rings (SSSR count). The van der Waals surface area contributed by atoms with Crippen LogP contribution in [0, 0.1) is 6.92 Å². The van der Waals surface area contributed by atoms with Crippen molar-refractivity contribution >= 4 is 26.0 Å². The third kappa shape index (κ3) is 3.89. The van der Waals surface area contributed by atoms with E-state index in [4.69, 9.17) is 4.18 Å². The minimum Gasteiger partial charge on any atom is -0.262 e. The summed E-state index contributed by atoms with van der Waals surface area (Å²) in [4.78, 5) is 0.176. The van der Waals surface area contributed by atoms with E-state index in [0.29, 0.717) is 0 Å². The van der Waals surface area contributed by atoms with Gasteiger partial charge in [-0.15, -0.1) is 0 Å². The van der Waals surface area contributed by atoms with E-state index in [0.717, 1.165) is 15.6 Å². The molecule has 0 saturated carbocycles. The Labute approximate surface area is 121 Å². The number of aryl methyl sites for hydroxylation is 1. The Bertz CT molecular complexity index is 646. The second kappa shape index (κ2) is 5.86. The molecule has 0 fully saturated rings. The fraction of sp³-hybridized carbons (Fsp3) is 0.143. The summed E-state index contributed by atoms with van der Waals surface area (Å²) in [7, 11) is -3.70. The van der Waals surface area contributed by atoms with Crippen LogP contribution < -0.4 is 0 Å². The van der Waals surface area contributed by atoms with Gasteiger partial charge in [0.2, 0.25) is 0 Å². The average molecular weight is 341 g/mol. The molecular formula is C14H13BrO3S. The Balaban J connectivity index is 2.09.